The number of H-pyrrole nitrogens is 1. The highest BCUT2D eigenvalue weighted by Gasteiger charge is 2.07. The van der Waals surface area contributed by atoms with Crippen LogP contribution in [0.5, 0.6) is 11.5 Å². The number of benzene rings is 1. The predicted octanol–water partition coefficient (Wildman–Crippen LogP) is 1.66. The minimum atomic E-state index is -0.449. The van der Waals surface area contributed by atoms with E-state index < -0.39 is 5.56 Å². The summed E-state index contributed by atoms with van der Waals surface area (Å²) in [6.45, 7) is 0. The number of aromatic nitrogens is 3. The van der Waals surface area contributed by atoms with Gasteiger partial charge in [0.15, 0.2) is 11.5 Å². The van der Waals surface area contributed by atoms with Gasteiger partial charge in [-0.3, -0.25) is 9.89 Å². The summed E-state index contributed by atoms with van der Waals surface area (Å²) in [6, 6.07) is 3.20. The second-order valence-corrected chi connectivity index (χ2v) is 4.86. The summed E-state index contributed by atoms with van der Waals surface area (Å²) < 4.78 is 6.55. The molecule has 0 radical (unpaired) electrons. The first-order valence-electron chi connectivity index (χ1n) is 5.30. The Morgan fingerprint density at radius 3 is 3.00 bits per heavy atom. The third kappa shape index (κ3) is 2.94. The number of nitrogens with one attached hydrogen (secondary N) is 1. The molecular formula is C11H9BrN4O3S. The molecule has 7 nitrogen and oxygen atoms in total. The lowest BCUT2D eigenvalue weighted by Gasteiger charge is -2.06. The van der Waals surface area contributed by atoms with Gasteiger partial charge in [-0.1, -0.05) is 0 Å². The molecular weight excluding hydrogens is 348 g/mol. The Balaban J connectivity index is 2.45. The van der Waals surface area contributed by atoms with Gasteiger partial charge in [0.25, 0.3) is 5.56 Å². The van der Waals surface area contributed by atoms with Crippen LogP contribution in [-0.4, -0.2) is 33.3 Å². The maximum atomic E-state index is 11.5. The Morgan fingerprint density at radius 1 is 1.60 bits per heavy atom. The van der Waals surface area contributed by atoms with Gasteiger partial charge in [-0.2, -0.15) is 14.9 Å². The smallest absolute Gasteiger partial charge is 0.293 e. The molecule has 104 valence electrons. The molecule has 0 saturated heterocycles. The lowest BCUT2D eigenvalue weighted by atomic mass is 10.2. The van der Waals surface area contributed by atoms with Gasteiger partial charge >= 0.3 is 0 Å². The van der Waals surface area contributed by atoms with Gasteiger partial charge in [0, 0.05) is 0 Å². The summed E-state index contributed by atoms with van der Waals surface area (Å²) in [4.78, 5) is 11.5. The number of phenolic OH excluding ortho intramolecular Hbond substituents is 1. The van der Waals surface area contributed by atoms with Crippen LogP contribution in [0.2, 0.25) is 0 Å². The van der Waals surface area contributed by atoms with E-state index in [0.717, 1.165) is 10.9 Å². The monoisotopic (exact) mass is 356 g/mol. The third-order valence-corrected chi connectivity index (χ3v) is 3.20. The second-order valence-electron chi connectivity index (χ2n) is 3.62. The summed E-state index contributed by atoms with van der Waals surface area (Å²) in [5.74, 6) is 0.274. The number of halogens is 1. The molecule has 0 saturated carbocycles. The number of hydrogen-bond donors (Lipinski definition) is 2. The molecule has 0 aliphatic heterocycles. The van der Waals surface area contributed by atoms with Crippen molar-refractivity contribution < 1.29 is 9.84 Å². The first-order valence-corrected chi connectivity index (χ1v) is 6.50. The van der Waals surface area contributed by atoms with Crippen molar-refractivity contribution >= 4 is 34.4 Å². The van der Waals surface area contributed by atoms with E-state index in [-0.39, 0.29) is 16.3 Å². The van der Waals surface area contributed by atoms with E-state index in [4.69, 9.17) is 17.0 Å². The molecule has 2 aromatic rings. The zero-order valence-electron chi connectivity index (χ0n) is 10.2. The van der Waals surface area contributed by atoms with Crippen molar-refractivity contribution in [1.82, 2.24) is 14.9 Å². The molecule has 0 fully saturated rings. The largest absolute Gasteiger partial charge is 0.503 e. The molecule has 1 aromatic carbocycles. The second kappa shape index (κ2) is 5.97. The summed E-state index contributed by atoms with van der Waals surface area (Å²) in [5.41, 5.74) is 0.166. The van der Waals surface area contributed by atoms with E-state index in [1.54, 1.807) is 12.1 Å². The molecule has 0 aliphatic carbocycles. The van der Waals surface area contributed by atoms with Crippen LogP contribution in [0.15, 0.2) is 32.7 Å². The maximum absolute atomic E-state index is 11.5. The molecule has 0 atom stereocenters. The zero-order valence-corrected chi connectivity index (χ0v) is 12.6. The molecule has 0 unspecified atom stereocenters. The molecule has 20 heavy (non-hydrogen) atoms. The normalized spacial score (nSPS) is 10.9. The van der Waals surface area contributed by atoms with Gasteiger partial charge < -0.3 is 9.84 Å². The molecule has 2 N–H and O–H groups in total. The van der Waals surface area contributed by atoms with Crippen LogP contribution in [-0.2, 0) is 0 Å². The average Bonchev–Trinajstić information content (AvgIpc) is 2.42. The molecule has 0 aliphatic rings. The fourth-order valence-electron chi connectivity index (χ4n) is 1.40. The Kier molecular flexibility index (Phi) is 4.30. The Bertz CT molecular complexity index is 756. The van der Waals surface area contributed by atoms with Crippen LogP contribution in [0, 0.1) is 4.77 Å². The van der Waals surface area contributed by atoms with Gasteiger partial charge in [-0.15, -0.1) is 0 Å². The molecule has 0 spiro atoms. The summed E-state index contributed by atoms with van der Waals surface area (Å²) in [7, 11) is 1.44. The van der Waals surface area contributed by atoms with Crippen LogP contribution < -0.4 is 10.3 Å². The van der Waals surface area contributed by atoms with Gasteiger partial charge in [-0.05, 0) is 45.8 Å². The van der Waals surface area contributed by atoms with Crippen molar-refractivity contribution in [2.45, 2.75) is 0 Å². The molecule has 1 aromatic heterocycles. The van der Waals surface area contributed by atoms with E-state index >= 15 is 0 Å². The number of aromatic hydroxyl groups is 1. The molecule has 0 amide bonds. The first-order chi connectivity index (χ1) is 9.52. The van der Waals surface area contributed by atoms with E-state index in [0.29, 0.717) is 10.0 Å². The number of phenols is 1. The SMILES string of the molecule is COc1cc(/C=N/n2c(=O)cn[nH]c2=S)cc(Br)c1O. The quantitative estimate of drug-likeness (QED) is 0.644. The number of hydrogen-bond acceptors (Lipinski definition) is 6. The van der Waals surface area contributed by atoms with Crippen LogP contribution in [0.1, 0.15) is 5.56 Å². The standard InChI is InChI=1S/C11H9BrN4O3S/c1-19-8-3-6(2-7(12)10(8)18)4-14-16-9(17)5-13-15-11(16)20/h2-5,18H,1H3,(H,15,20)/b14-4+. The number of aromatic amines is 1. The van der Waals surface area contributed by atoms with Crippen molar-refractivity contribution in [3.63, 3.8) is 0 Å². The number of methoxy groups -OCH3 is 1. The Morgan fingerprint density at radius 2 is 2.35 bits per heavy atom. The summed E-state index contributed by atoms with van der Waals surface area (Å²) in [5, 5.41) is 19.7. The van der Waals surface area contributed by atoms with E-state index in [1.807, 2.05) is 0 Å². The Labute approximate surface area is 126 Å². The predicted molar refractivity (Wildman–Crippen MR) is 79.0 cm³/mol. The van der Waals surface area contributed by atoms with Gasteiger partial charge in [0.05, 0.1) is 17.8 Å². The average molecular weight is 357 g/mol. The van der Waals surface area contributed by atoms with Crippen LogP contribution in [0.3, 0.4) is 0 Å². The fraction of sp³-hybridized carbons (Fsp3) is 0.0909. The lowest BCUT2D eigenvalue weighted by molar-refractivity contribution is 0.372. The topological polar surface area (TPSA) is 92.5 Å². The molecule has 9 heteroatoms. The summed E-state index contributed by atoms with van der Waals surface area (Å²) >= 11 is 8.10. The van der Waals surface area contributed by atoms with Crippen LogP contribution in [0.4, 0.5) is 0 Å². The first kappa shape index (κ1) is 14.4. The minimum absolute atomic E-state index is 0.0111. The zero-order chi connectivity index (χ0) is 14.7. The molecule has 2 rings (SSSR count). The Hall–Kier alpha value is -2.00. The summed E-state index contributed by atoms with van der Waals surface area (Å²) in [6.07, 6.45) is 2.48. The highest BCUT2D eigenvalue weighted by atomic mass is 79.9. The van der Waals surface area contributed by atoms with Gasteiger partial charge in [0.1, 0.15) is 6.20 Å². The van der Waals surface area contributed by atoms with E-state index in [9.17, 15) is 9.90 Å². The van der Waals surface area contributed by atoms with Crippen molar-refractivity contribution in [3.05, 3.63) is 43.5 Å². The lowest BCUT2D eigenvalue weighted by Crippen LogP contribution is -2.18. The minimum Gasteiger partial charge on any atom is -0.503 e. The number of ether oxygens (including phenoxy) is 1. The molecule has 1 heterocycles. The van der Waals surface area contributed by atoms with E-state index in [2.05, 4.69) is 31.2 Å². The molecule has 0 bridgehead atoms. The van der Waals surface area contributed by atoms with Crippen LogP contribution in [0.25, 0.3) is 0 Å². The van der Waals surface area contributed by atoms with E-state index in [1.165, 1.54) is 13.3 Å². The van der Waals surface area contributed by atoms with Gasteiger partial charge in [-0.25, -0.2) is 0 Å². The number of rotatable bonds is 3. The van der Waals surface area contributed by atoms with Crippen LogP contribution >= 0.6 is 28.1 Å². The van der Waals surface area contributed by atoms with Gasteiger partial charge in [0.2, 0.25) is 4.77 Å². The van der Waals surface area contributed by atoms with Crippen molar-refractivity contribution in [2.24, 2.45) is 5.10 Å². The third-order valence-electron chi connectivity index (χ3n) is 2.33. The highest BCUT2D eigenvalue weighted by Crippen LogP contribution is 2.34. The van der Waals surface area contributed by atoms with Crippen molar-refractivity contribution in [2.75, 3.05) is 7.11 Å². The highest BCUT2D eigenvalue weighted by molar-refractivity contribution is 9.10. The fourth-order valence-corrected chi connectivity index (χ4v) is 2.05. The maximum Gasteiger partial charge on any atom is 0.293 e. The van der Waals surface area contributed by atoms with Crippen molar-refractivity contribution in [1.29, 1.82) is 0 Å². The number of nitrogens with zero attached hydrogens (tertiary/aromatic N) is 3. The van der Waals surface area contributed by atoms with Crippen molar-refractivity contribution in [3.8, 4) is 11.5 Å².